The molecule has 1 heterocycles. The number of alkyl carbamates (subject to hydrolysis) is 1. The summed E-state index contributed by atoms with van der Waals surface area (Å²) in [5.74, 6) is -0.418. The van der Waals surface area contributed by atoms with Crippen LogP contribution in [-0.4, -0.2) is 42.5 Å². The van der Waals surface area contributed by atoms with Crippen molar-refractivity contribution in [2.75, 3.05) is 6.61 Å². The zero-order valence-electron chi connectivity index (χ0n) is 18.8. The van der Waals surface area contributed by atoms with E-state index in [1.807, 2.05) is 60.7 Å². The highest BCUT2D eigenvalue weighted by Crippen LogP contribution is 2.22. The van der Waals surface area contributed by atoms with Gasteiger partial charge in [0.15, 0.2) is 6.10 Å². The van der Waals surface area contributed by atoms with Gasteiger partial charge in [-0.05, 0) is 31.9 Å². The number of cyclic esters (lactones) is 1. The molecule has 3 rings (SSSR count). The van der Waals surface area contributed by atoms with Crippen LogP contribution in [0, 0.1) is 0 Å². The van der Waals surface area contributed by atoms with Gasteiger partial charge in [0.2, 0.25) is 0 Å². The van der Waals surface area contributed by atoms with Crippen molar-refractivity contribution in [3.63, 3.8) is 0 Å². The zero-order valence-corrected chi connectivity index (χ0v) is 18.8. The van der Waals surface area contributed by atoms with E-state index in [4.69, 9.17) is 18.9 Å². The highest BCUT2D eigenvalue weighted by molar-refractivity contribution is 5.74. The standard InChI is InChI=1S/C25H31NO6/c1-25(2,3)32-24(28)26-20-14-22(27)31-21(17-29-15-18-10-6-4-7-11-18)23(20)30-16-19-12-8-5-9-13-19/h4-13,20-21,23H,14-17H2,1-3H3,(H,26,28)/t20-,21+,23+/m0/s1. The maximum Gasteiger partial charge on any atom is 0.407 e. The van der Waals surface area contributed by atoms with E-state index in [9.17, 15) is 9.59 Å². The summed E-state index contributed by atoms with van der Waals surface area (Å²) in [4.78, 5) is 24.7. The highest BCUT2D eigenvalue weighted by Gasteiger charge is 2.41. The second-order valence-electron chi connectivity index (χ2n) is 8.75. The van der Waals surface area contributed by atoms with Crippen molar-refractivity contribution >= 4 is 12.1 Å². The predicted molar refractivity (Wildman–Crippen MR) is 119 cm³/mol. The minimum Gasteiger partial charge on any atom is -0.457 e. The Morgan fingerprint density at radius 1 is 1.00 bits per heavy atom. The number of hydrogen-bond donors (Lipinski definition) is 1. The van der Waals surface area contributed by atoms with Crippen molar-refractivity contribution in [1.82, 2.24) is 5.32 Å². The maximum absolute atomic E-state index is 12.4. The number of amides is 1. The van der Waals surface area contributed by atoms with Crippen LogP contribution in [0.2, 0.25) is 0 Å². The molecule has 0 aliphatic carbocycles. The van der Waals surface area contributed by atoms with Crippen LogP contribution in [0.1, 0.15) is 38.3 Å². The molecule has 1 aliphatic rings. The van der Waals surface area contributed by atoms with Gasteiger partial charge in [0.1, 0.15) is 11.7 Å². The normalized spacial score (nSPS) is 21.0. The maximum atomic E-state index is 12.4. The molecule has 0 bridgehead atoms. The lowest BCUT2D eigenvalue weighted by atomic mass is 9.99. The largest absolute Gasteiger partial charge is 0.457 e. The lowest BCUT2D eigenvalue weighted by Gasteiger charge is -2.37. The summed E-state index contributed by atoms with van der Waals surface area (Å²) in [7, 11) is 0. The molecule has 32 heavy (non-hydrogen) atoms. The number of carbonyl (C=O) groups is 2. The summed E-state index contributed by atoms with van der Waals surface area (Å²) >= 11 is 0. The molecule has 0 aromatic heterocycles. The average Bonchev–Trinajstić information content (AvgIpc) is 2.73. The van der Waals surface area contributed by atoms with Crippen molar-refractivity contribution < 1.29 is 28.5 Å². The molecule has 0 radical (unpaired) electrons. The topological polar surface area (TPSA) is 83.1 Å². The molecule has 0 spiro atoms. The lowest BCUT2D eigenvalue weighted by Crippen LogP contribution is -2.57. The monoisotopic (exact) mass is 441 g/mol. The molecule has 172 valence electrons. The first kappa shape index (κ1) is 23.8. The first-order valence-corrected chi connectivity index (χ1v) is 10.8. The zero-order chi connectivity index (χ0) is 23.0. The van der Waals surface area contributed by atoms with Gasteiger partial charge in [-0.1, -0.05) is 60.7 Å². The van der Waals surface area contributed by atoms with Crippen LogP contribution < -0.4 is 5.32 Å². The fourth-order valence-corrected chi connectivity index (χ4v) is 3.42. The van der Waals surface area contributed by atoms with Gasteiger partial charge < -0.3 is 24.3 Å². The van der Waals surface area contributed by atoms with Crippen LogP contribution >= 0.6 is 0 Å². The first-order valence-electron chi connectivity index (χ1n) is 10.8. The second-order valence-corrected chi connectivity index (χ2v) is 8.75. The van der Waals surface area contributed by atoms with E-state index in [1.165, 1.54) is 0 Å². The number of hydrogen-bond acceptors (Lipinski definition) is 6. The van der Waals surface area contributed by atoms with E-state index in [0.29, 0.717) is 13.2 Å². The summed E-state index contributed by atoms with van der Waals surface area (Å²) < 4.78 is 22.9. The van der Waals surface area contributed by atoms with Gasteiger partial charge in [0.25, 0.3) is 0 Å². The van der Waals surface area contributed by atoms with E-state index < -0.39 is 35.9 Å². The van der Waals surface area contributed by atoms with Gasteiger partial charge >= 0.3 is 12.1 Å². The smallest absolute Gasteiger partial charge is 0.407 e. The SMILES string of the molecule is CC(C)(C)OC(=O)N[C@H]1CC(=O)O[C@H](COCc2ccccc2)[C@@H]1OCc1ccccc1. The predicted octanol–water partition coefficient (Wildman–Crippen LogP) is 4.00. The summed E-state index contributed by atoms with van der Waals surface area (Å²) in [6, 6.07) is 18.8. The number of rotatable bonds is 8. The molecule has 7 nitrogen and oxygen atoms in total. The molecule has 0 saturated carbocycles. The lowest BCUT2D eigenvalue weighted by molar-refractivity contribution is -0.181. The van der Waals surface area contributed by atoms with Crippen LogP contribution in [0.3, 0.4) is 0 Å². The van der Waals surface area contributed by atoms with E-state index >= 15 is 0 Å². The molecule has 1 aliphatic heterocycles. The molecule has 0 unspecified atom stereocenters. The Labute approximate surface area is 189 Å². The molecular formula is C25H31NO6. The second kappa shape index (κ2) is 11.1. The van der Waals surface area contributed by atoms with Crippen molar-refractivity contribution in [1.29, 1.82) is 0 Å². The Morgan fingerprint density at radius 2 is 1.59 bits per heavy atom. The Bertz CT molecular complexity index is 865. The quantitative estimate of drug-likeness (QED) is 0.624. The van der Waals surface area contributed by atoms with E-state index in [-0.39, 0.29) is 13.0 Å². The summed E-state index contributed by atoms with van der Waals surface area (Å²) in [6.07, 6.45) is -1.86. The van der Waals surface area contributed by atoms with Crippen LogP contribution in [0.4, 0.5) is 4.79 Å². The van der Waals surface area contributed by atoms with Crippen molar-refractivity contribution in [2.24, 2.45) is 0 Å². The molecule has 1 amide bonds. The molecule has 3 atom stereocenters. The minimum atomic E-state index is -0.663. The van der Waals surface area contributed by atoms with Crippen molar-refractivity contribution in [2.45, 2.75) is 64.3 Å². The first-order chi connectivity index (χ1) is 15.3. The number of ether oxygens (including phenoxy) is 4. The third-order valence-corrected chi connectivity index (χ3v) is 4.81. The molecule has 1 saturated heterocycles. The van der Waals surface area contributed by atoms with Crippen LogP contribution in [0.15, 0.2) is 60.7 Å². The van der Waals surface area contributed by atoms with Crippen molar-refractivity contribution in [3.8, 4) is 0 Å². The fraction of sp³-hybridized carbons (Fsp3) is 0.440. The number of benzene rings is 2. The molecule has 2 aromatic rings. The van der Waals surface area contributed by atoms with E-state index in [0.717, 1.165) is 11.1 Å². The Morgan fingerprint density at radius 3 is 2.19 bits per heavy atom. The molecule has 1 N–H and O–H groups in total. The molecular weight excluding hydrogens is 410 g/mol. The Balaban J connectivity index is 1.68. The fourth-order valence-electron chi connectivity index (χ4n) is 3.42. The summed E-state index contributed by atoms with van der Waals surface area (Å²) in [5.41, 5.74) is 1.34. The van der Waals surface area contributed by atoms with Crippen molar-refractivity contribution in [3.05, 3.63) is 71.8 Å². The minimum absolute atomic E-state index is 0.00607. The average molecular weight is 442 g/mol. The van der Waals surface area contributed by atoms with Gasteiger partial charge in [-0.25, -0.2) is 4.79 Å². The molecule has 1 fully saturated rings. The van der Waals surface area contributed by atoms with E-state index in [2.05, 4.69) is 5.32 Å². The number of nitrogens with one attached hydrogen (secondary N) is 1. The van der Waals surface area contributed by atoms with Gasteiger partial charge in [0, 0.05) is 0 Å². The van der Waals surface area contributed by atoms with Gasteiger partial charge in [-0.3, -0.25) is 4.79 Å². The molecule has 7 heteroatoms. The summed E-state index contributed by atoms with van der Waals surface area (Å²) in [5, 5.41) is 2.79. The van der Waals surface area contributed by atoms with Crippen LogP contribution in [0.5, 0.6) is 0 Å². The third-order valence-electron chi connectivity index (χ3n) is 4.81. The van der Waals surface area contributed by atoms with Gasteiger partial charge in [0.05, 0.1) is 32.3 Å². The van der Waals surface area contributed by atoms with Crippen LogP contribution in [0.25, 0.3) is 0 Å². The number of esters is 1. The van der Waals surface area contributed by atoms with Crippen LogP contribution in [-0.2, 0) is 37.0 Å². The molecule has 2 aromatic carbocycles. The van der Waals surface area contributed by atoms with E-state index in [1.54, 1.807) is 20.8 Å². The summed E-state index contributed by atoms with van der Waals surface area (Å²) in [6.45, 7) is 6.18. The van der Waals surface area contributed by atoms with Gasteiger partial charge in [-0.15, -0.1) is 0 Å². The Kier molecular flexibility index (Phi) is 8.25. The third kappa shape index (κ3) is 7.66. The number of carbonyl (C=O) groups excluding carboxylic acids is 2. The highest BCUT2D eigenvalue weighted by atomic mass is 16.6. The Hall–Kier alpha value is -2.90. The van der Waals surface area contributed by atoms with Gasteiger partial charge in [-0.2, -0.15) is 0 Å².